The van der Waals surface area contributed by atoms with Gasteiger partial charge in [-0.05, 0) is 30.2 Å². The first-order valence-electron chi connectivity index (χ1n) is 6.21. The predicted octanol–water partition coefficient (Wildman–Crippen LogP) is 2.99. The van der Waals surface area contributed by atoms with Crippen LogP contribution in [0.25, 0.3) is 0 Å². The highest BCUT2D eigenvalue weighted by Gasteiger charge is 2.06. The van der Waals surface area contributed by atoms with Crippen molar-refractivity contribution in [3.63, 3.8) is 0 Å². The van der Waals surface area contributed by atoms with E-state index in [0.717, 1.165) is 17.7 Å². The van der Waals surface area contributed by atoms with Crippen molar-refractivity contribution in [2.45, 2.75) is 13.0 Å². The van der Waals surface area contributed by atoms with E-state index in [4.69, 9.17) is 0 Å². The van der Waals surface area contributed by atoms with E-state index in [1.54, 1.807) is 19.1 Å². The molecule has 0 saturated carbocycles. The van der Waals surface area contributed by atoms with E-state index in [0.29, 0.717) is 0 Å². The summed E-state index contributed by atoms with van der Waals surface area (Å²) >= 11 is 0. The second-order valence-electron chi connectivity index (χ2n) is 4.48. The Balaban J connectivity index is 2.22. The maximum atomic E-state index is 12.8. The Bertz CT molecular complexity index is 684. The number of nitrogens with zero attached hydrogens (tertiary/aromatic N) is 2. The minimum Gasteiger partial charge on any atom is -0.872 e. The molecule has 5 nitrogen and oxygen atoms in total. The number of nitro groups is 1. The van der Waals surface area contributed by atoms with Gasteiger partial charge >= 0.3 is 0 Å². The molecule has 21 heavy (non-hydrogen) atoms. The van der Waals surface area contributed by atoms with Crippen LogP contribution in [-0.2, 0) is 0 Å². The molecule has 0 aliphatic rings. The zero-order chi connectivity index (χ0) is 15.4. The zero-order valence-electron chi connectivity index (χ0n) is 11.2. The van der Waals surface area contributed by atoms with E-state index >= 15 is 0 Å². The van der Waals surface area contributed by atoms with Gasteiger partial charge in [0, 0.05) is 18.3 Å². The largest absolute Gasteiger partial charge is 0.872 e. The standard InChI is InChI=1S/C15H13FN2O3/c1-10(11-2-4-13(16)5-3-11)17-9-12-8-14(18(20)21)6-7-15(12)19/h2-10,19H,1H3/p-1/t10-/m1/s1. The molecule has 0 unspecified atom stereocenters. The lowest BCUT2D eigenvalue weighted by atomic mass is 10.1. The van der Waals surface area contributed by atoms with Crippen LogP contribution in [0.15, 0.2) is 47.5 Å². The summed E-state index contributed by atoms with van der Waals surface area (Å²) in [5.74, 6) is -0.675. The van der Waals surface area contributed by atoms with E-state index in [1.165, 1.54) is 24.4 Å². The number of benzene rings is 2. The fourth-order valence-corrected chi connectivity index (χ4v) is 1.77. The van der Waals surface area contributed by atoms with E-state index in [1.807, 2.05) is 0 Å². The summed E-state index contributed by atoms with van der Waals surface area (Å²) < 4.78 is 12.8. The lowest BCUT2D eigenvalue weighted by Gasteiger charge is -2.10. The van der Waals surface area contributed by atoms with Gasteiger partial charge in [0.15, 0.2) is 0 Å². The molecule has 2 rings (SSSR count). The van der Waals surface area contributed by atoms with Crippen molar-refractivity contribution in [3.8, 4) is 5.75 Å². The Morgan fingerprint density at radius 1 is 1.24 bits per heavy atom. The first-order valence-corrected chi connectivity index (χ1v) is 6.21. The van der Waals surface area contributed by atoms with Crippen molar-refractivity contribution in [3.05, 3.63) is 69.5 Å². The summed E-state index contributed by atoms with van der Waals surface area (Å²) in [6.45, 7) is 1.78. The molecule has 0 saturated heterocycles. The molecule has 0 aliphatic carbocycles. The molecular weight excluding hydrogens is 275 g/mol. The van der Waals surface area contributed by atoms with Crippen LogP contribution in [0.1, 0.15) is 24.1 Å². The van der Waals surface area contributed by atoms with Gasteiger partial charge in [-0.15, -0.1) is 0 Å². The number of nitro benzene ring substituents is 1. The SMILES string of the molecule is C[C@@H](N=Cc1cc([N+](=O)[O-])ccc1[O-])c1ccc(F)cc1. The minimum atomic E-state index is -0.569. The highest BCUT2D eigenvalue weighted by molar-refractivity contribution is 5.84. The topological polar surface area (TPSA) is 78.6 Å². The van der Waals surface area contributed by atoms with Crippen LogP contribution in [0.3, 0.4) is 0 Å². The van der Waals surface area contributed by atoms with Gasteiger partial charge in [-0.1, -0.05) is 23.9 Å². The van der Waals surface area contributed by atoms with Crippen molar-refractivity contribution in [1.29, 1.82) is 0 Å². The van der Waals surface area contributed by atoms with Gasteiger partial charge in [0.1, 0.15) is 5.82 Å². The summed E-state index contributed by atoms with van der Waals surface area (Å²) in [7, 11) is 0. The summed E-state index contributed by atoms with van der Waals surface area (Å²) in [4.78, 5) is 14.3. The summed E-state index contributed by atoms with van der Waals surface area (Å²) in [6.07, 6.45) is 1.31. The maximum absolute atomic E-state index is 12.8. The zero-order valence-corrected chi connectivity index (χ0v) is 11.2. The molecule has 0 aromatic heterocycles. The van der Waals surface area contributed by atoms with Crippen LogP contribution in [0, 0.1) is 15.9 Å². The average molecular weight is 287 g/mol. The van der Waals surface area contributed by atoms with Crippen LogP contribution in [-0.4, -0.2) is 11.1 Å². The van der Waals surface area contributed by atoms with E-state index in [9.17, 15) is 19.6 Å². The molecule has 2 aromatic rings. The number of non-ortho nitro benzene ring substituents is 1. The van der Waals surface area contributed by atoms with E-state index in [-0.39, 0.29) is 28.9 Å². The average Bonchev–Trinajstić information content (AvgIpc) is 2.46. The van der Waals surface area contributed by atoms with Gasteiger partial charge in [0.05, 0.1) is 11.0 Å². The molecule has 0 N–H and O–H groups in total. The first-order chi connectivity index (χ1) is 9.97. The fourth-order valence-electron chi connectivity index (χ4n) is 1.77. The van der Waals surface area contributed by atoms with Crippen molar-refractivity contribution >= 4 is 11.9 Å². The molecule has 0 heterocycles. The molecule has 108 valence electrons. The second kappa shape index (κ2) is 6.13. The van der Waals surface area contributed by atoms with E-state index in [2.05, 4.69) is 4.99 Å². The molecule has 2 aromatic carbocycles. The predicted molar refractivity (Wildman–Crippen MR) is 75.0 cm³/mol. The molecule has 0 fully saturated rings. The molecule has 0 amide bonds. The van der Waals surface area contributed by atoms with Crippen LogP contribution >= 0.6 is 0 Å². The Kier molecular flexibility index (Phi) is 4.27. The second-order valence-corrected chi connectivity index (χ2v) is 4.48. The molecule has 1 atom stereocenters. The van der Waals surface area contributed by atoms with Gasteiger partial charge in [0.2, 0.25) is 0 Å². The quantitative estimate of drug-likeness (QED) is 0.492. The number of hydrogen-bond donors (Lipinski definition) is 0. The fraction of sp³-hybridized carbons (Fsp3) is 0.133. The number of halogens is 1. The Hall–Kier alpha value is -2.76. The summed E-state index contributed by atoms with van der Waals surface area (Å²) in [6, 6.07) is 9.05. The highest BCUT2D eigenvalue weighted by atomic mass is 19.1. The lowest BCUT2D eigenvalue weighted by molar-refractivity contribution is -0.385. The third-order valence-corrected chi connectivity index (χ3v) is 2.99. The van der Waals surface area contributed by atoms with Gasteiger partial charge in [-0.25, -0.2) is 4.39 Å². The van der Waals surface area contributed by atoms with Gasteiger partial charge < -0.3 is 5.11 Å². The lowest BCUT2D eigenvalue weighted by Crippen LogP contribution is -1.99. The number of aliphatic imine (C=N–C) groups is 1. The molecular formula is C15H12FN2O3-. The van der Waals surface area contributed by atoms with E-state index < -0.39 is 4.92 Å². The molecule has 0 bridgehead atoms. The minimum absolute atomic E-state index is 0.151. The highest BCUT2D eigenvalue weighted by Crippen LogP contribution is 2.21. The van der Waals surface area contributed by atoms with Crippen LogP contribution in [0.5, 0.6) is 5.75 Å². The molecule has 0 radical (unpaired) electrons. The van der Waals surface area contributed by atoms with Crippen LogP contribution in [0.4, 0.5) is 10.1 Å². The first kappa shape index (κ1) is 14.6. The van der Waals surface area contributed by atoms with Crippen molar-refractivity contribution in [2.24, 2.45) is 4.99 Å². The van der Waals surface area contributed by atoms with Crippen LogP contribution < -0.4 is 5.11 Å². The van der Waals surface area contributed by atoms with Crippen molar-refractivity contribution in [1.82, 2.24) is 0 Å². The summed E-state index contributed by atoms with van der Waals surface area (Å²) in [5.41, 5.74) is 0.772. The normalized spacial score (nSPS) is 12.5. The van der Waals surface area contributed by atoms with Gasteiger partial charge in [-0.3, -0.25) is 15.1 Å². The van der Waals surface area contributed by atoms with Crippen molar-refractivity contribution in [2.75, 3.05) is 0 Å². The monoisotopic (exact) mass is 287 g/mol. The van der Waals surface area contributed by atoms with Gasteiger partial charge in [-0.2, -0.15) is 0 Å². The number of rotatable bonds is 4. The Morgan fingerprint density at radius 2 is 1.90 bits per heavy atom. The third kappa shape index (κ3) is 3.62. The Morgan fingerprint density at radius 3 is 2.52 bits per heavy atom. The molecule has 0 aliphatic heterocycles. The Labute approximate surface area is 120 Å². The molecule has 6 heteroatoms. The molecule has 0 spiro atoms. The van der Waals surface area contributed by atoms with Gasteiger partial charge in [0.25, 0.3) is 5.69 Å². The van der Waals surface area contributed by atoms with Crippen LogP contribution in [0.2, 0.25) is 0 Å². The maximum Gasteiger partial charge on any atom is 0.270 e. The smallest absolute Gasteiger partial charge is 0.270 e. The van der Waals surface area contributed by atoms with Crippen molar-refractivity contribution < 1.29 is 14.4 Å². The summed E-state index contributed by atoms with van der Waals surface area (Å²) in [5, 5.41) is 22.3. The third-order valence-electron chi connectivity index (χ3n) is 2.99. The number of hydrogen-bond acceptors (Lipinski definition) is 4.